The summed E-state index contributed by atoms with van der Waals surface area (Å²) in [6.45, 7) is 0. The van der Waals surface area contributed by atoms with Gasteiger partial charge in [0.05, 0.1) is 4.90 Å². The lowest BCUT2D eigenvalue weighted by Gasteiger charge is -2.01. The zero-order valence-corrected chi connectivity index (χ0v) is 14.4. The van der Waals surface area contributed by atoms with Crippen LogP contribution in [0.3, 0.4) is 0 Å². The van der Waals surface area contributed by atoms with Gasteiger partial charge in [-0.15, -0.1) is 21.5 Å². The summed E-state index contributed by atoms with van der Waals surface area (Å²) in [5.74, 6) is 0.136. The molecule has 24 heavy (non-hydrogen) atoms. The Morgan fingerprint density at radius 2 is 1.96 bits per heavy atom. The summed E-state index contributed by atoms with van der Waals surface area (Å²) in [4.78, 5) is 0.848. The van der Waals surface area contributed by atoms with E-state index in [1.807, 2.05) is 0 Å². The Balaban J connectivity index is 1.81. The molecule has 0 aliphatic carbocycles. The molecule has 124 valence electrons. The van der Waals surface area contributed by atoms with E-state index in [0.717, 1.165) is 11.3 Å². The first-order valence-corrected chi connectivity index (χ1v) is 9.35. The van der Waals surface area contributed by atoms with Crippen LogP contribution in [0.15, 0.2) is 51.6 Å². The molecule has 3 rings (SSSR count). The second kappa shape index (κ2) is 6.81. The SMILES string of the molecule is O=S(=O)(c1ccc(Cl)cc1)c1ccc(C=CC(O)c2nn[nH]n2)s1. The minimum atomic E-state index is -3.59. The van der Waals surface area contributed by atoms with Gasteiger partial charge in [-0.2, -0.15) is 5.21 Å². The summed E-state index contributed by atoms with van der Waals surface area (Å²) >= 11 is 6.88. The minimum Gasteiger partial charge on any atom is -0.381 e. The third-order valence-electron chi connectivity index (χ3n) is 3.06. The fourth-order valence-corrected chi connectivity index (χ4v) is 4.63. The highest BCUT2D eigenvalue weighted by Gasteiger charge is 2.19. The molecule has 0 fully saturated rings. The maximum absolute atomic E-state index is 12.5. The number of nitrogens with one attached hydrogen (secondary N) is 1. The highest BCUT2D eigenvalue weighted by atomic mass is 35.5. The standard InChI is InChI=1S/C14H11ClN4O3S2/c15-9-1-5-11(6-2-9)24(21,22)13-8-4-10(23-13)3-7-12(20)14-16-18-19-17-14/h1-8,12,20H,(H,16,17,18,19). The number of aromatic amines is 1. The number of aliphatic hydroxyl groups excluding tert-OH is 1. The number of hydrogen-bond donors (Lipinski definition) is 2. The van der Waals surface area contributed by atoms with Crippen molar-refractivity contribution in [2.24, 2.45) is 0 Å². The molecular formula is C14H11ClN4O3S2. The van der Waals surface area contributed by atoms with Gasteiger partial charge in [0.15, 0.2) is 0 Å². The number of sulfone groups is 1. The monoisotopic (exact) mass is 382 g/mol. The predicted octanol–water partition coefficient (Wildman–Crippen LogP) is 2.49. The third-order valence-corrected chi connectivity index (χ3v) is 6.62. The zero-order valence-electron chi connectivity index (χ0n) is 12.0. The van der Waals surface area contributed by atoms with Crippen molar-refractivity contribution in [2.75, 3.05) is 0 Å². The second-order valence-electron chi connectivity index (χ2n) is 4.69. The van der Waals surface area contributed by atoms with Crippen molar-refractivity contribution in [3.63, 3.8) is 0 Å². The van der Waals surface area contributed by atoms with Crippen LogP contribution in [-0.2, 0) is 9.84 Å². The van der Waals surface area contributed by atoms with Crippen LogP contribution in [0.5, 0.6) is 0 Å². The van der Waals surface area contributed by atoms with E-state index in [-0.39, 0.29) is 14.9 Å². The van der Waals surface area contributed by atoms with Crippen LogP contribution < -0.4 is 0 Å². The van der Waals surface area contributed by atoms with E-state index in [9.17, 15) is 13.5 Å². The van der Waals surface area contributed by atoms with Gasteiger partial charge in [-0.25, -0.2) is 8.42 Å². The Morgan fingerprint density at radius 3 is 2.62 bits per heavy atom. The molecule has 2 aromatic heterocycles. The van der Waals surface area contributed by atoms with E-state index in [1.54, 1.807) is 12.1 Å². The van der Waals surface area contributed by atoms with E-state index < -0.39 is 15.9 Å². The molecule has 0 saturated carbocycles. The Labute approximate surface area is 146 Å². The van der Waals surface area contributed by atoms with Crippen LogP contribution in [0, 0.1) is 0 Å². The van der Waals surface area contributed by atoms with Crippen LogP contribution >= 0.6 is 22.9 Å². The molecule has 0 spiro atoms. The topological polar surface area (TPSA) is 109 Å². The van der Waals surface area contributed by atoms with E-state index in [1.165, 1.54) is 36.4 Å². The summed E-state index contributed by atoms with van der Waals surface area (Å²) in [6, 6.07) is 9.18. The average Bonchev–Trinajstić information content (AvgIpc) is 3.25. The largest absolute Gasteiger partial charge is 0.381 e. The van der Waals surface area contributed by atoms with Gasteiger partial charge >= 0.3 is 0 Å². The number of hydrogen-bond acceptors (Lipinski definition) is 7. The molecule has 0 aliphatic rings. The molecule has 0 amide bonds. The van der Waals surface area contributed by atoms with Crippen molar-refractivity contribution in [2.45, 2.75) is 15.2 Å². The highest BCUT2D eigenvalue weighted by Crippen LogP contribution is 2.29. The normalized spacial score (nSPS) is 13.4. The molecule has 1 aromatic carbocycles. The Morgan fingerprint density at radius 1 is 1.21 bits per heavy atom. The molecule has 0 aliphatic heterocycles. The summed E-state index contributed by atoms with van der Waals surface area (Å²) in [5.41, 5.74) is 0. The van der Waals surface area contributed by atoms with Gasteiger partial charge in [0.1, 0.15) is 10.3 Å². The predicted molar refractivity (Wildman–Crippen MR) is 89.4 cm³/mol. The number of benzene rings is 1. The second-order valence-corrected chi connectivity index (χ2v) is 8.42. The van der Waals surface area contributed by atoms with Crippen molar-refractivity contribution >= 4 is 38.9 Å². The smallest absolute Gasteiger partial charge is 0.215 e. The molecule has 0 radical (unpaired) electrons. The van der Waals surface area contributed by atoms with Crippen LogP contribution in [0.2, 0.25) is 5.02 Å². The molecule has 3 aromatic rings. The third kappa shape index (κ3) is 3.54. The first-order valence-electron chi connectivity index (χ1n) is 6.67. The van der Waals surface area contributed by atoms with Crippen LogP contribution in [0.25, 0.3) is 6.08 Å². The van der Waals surface area contributed by atoms with Gasteiger partial charge in [-0.05, 0) is 48.6 Å². The Kier molecular flexibility index (Phi) is 4.76. The van der Waals surface area contributed by atoms with E-state index >= 15 is 0 Å². The van der Waals surface area contributed by atoms with Crippen molar-refractivity contribution < 1.29 is 13.5 Å². The molecule has 2 N–H and O–H groups in total. The minimum absolute atomic E-state index is 0.136. The number of aliphatic hydroxyl groups is 1. The van der Waals surface area contributed by atoms with Crippen LogP contribution in [0.1, 0.15) is 16.8 Å². The molecule has 1 unspecified atom stereocenters. The summed E-state index contributed by atoms with van der Waals surface area (Å²) in [6.07, 6.45) is 2.03. The zero-order chi connectivity index (χ0) is 17.2. The fourth-order valence-electron chi connectivity index (χ4n) is 1.87. The summed E-state index contributed by atoms with van der Waals surface area (Å²) in [7, 11) is -3.59. The van der Waals surface area contributed by atoms with Crippen molar-refractivity contribution in [3.8, 4) is 0 Å². The van der Waals surface area contributed by atoms with Gasteiger partial charge in [0.2, 0.25) is 15.7 Å². The van der Waals surface area contributed by atoms with E-state index in [2.05, 4.69) is 20.6 Å². The number of rotatable bonds is 5. The van der Waals surface area contributed by atoms with E-state index in [4.69, 9.17) is 11.6 Å². The van der Waals surface area contributed by atoms with Crippen molar-refractivity contribution in [1.29, 1.82) is 0 Å². The Hall–Kier alpha value is -2.07. The molecule has 7 nitrogen and oxygen atoms in total. The number of nitrogens with zero attached hydrogens (tertiary/aromatic N) is 3. The number of aromatic nitrogens is 4. The van der Waals surface area contributed by atoms with Crippen LogP contribution in [-0.4, -0.2) is 34.1 Å². The molecule has 0 saturated heterocycles. The van der Waals surface area contributed by atoms with Crippen molar-refractivity contribution in [3.05, 3.63) is 58.2 Å². The van der Waals surface area contributed by atoms with E-state index in [0.29, 0.717) is 9.90 Å². The summed E-state index contributed by atoms with van der Waals surface area (Å²) < 4.78 is 25.3. The molecular weight excluding hydrogens is 372 g/mol. The number of halogens is 1. The van der Waals surface area contributed by atoms with Gasteiger partial charge in [-0.1, -0.05) is 16.8 Å². The molecule has 1 atom stereocenters. The van der Waals surface area contributed by atoms with Gasteiger partial charge in [-0.3, -0.25) is 0 Å². The average molecular weight is 383 g/mol. The van der Waals surface area contributed by atoms with Gasteiger partial charge < -0.3 is 5.11 Å². The lowest BCUT2D eigenvalue weighted by Crippen LogP contribution is -1.98. The quantitative estimate of drug-likeness (QED) is 0.701. The van der Waals surface area contributed by atoms with Crippen molar-refractivity contribution in [1.82, 2.24) is 20.6 Å². The number of thiophene rings is 1. The lowest BCUT2D eigenvalue weighted by atomic mass is 10.3. The first-order chi connectivity index (χ1) is 11.5. The molecule has 0 bridgehead atoms. The maximum atomic E-state index is 12.5. The van der Waals surface area contributed by atoms with Crippen LogP contribution in [0.4, 0.5) is 0 Å². The highest BCUT2D eigenvalue weighted by molar-refractivity contribution is 7.93. The Bertz CT molecular complexity index is 950. The molecule has 2 heterocycles. The first kappa shape index (κ1) is 16.8. The van der Waals surface area contributed by atoms with Gasteiger partial charge in [0, 0.05) is 9.90 Å². The lowest BCUT2D eigenvalue weighted by molar-refractivity contribution is 0.219. The fraction of sp³-hybridized carbons (Fsp3) is 0.0714. The summed E-state index contributed by atoms with van der Waals surface area (Å²) in [5, 5.41) is 23.3. The molecule has 10 heteroatoms. The number of tetrazole rings is 1. The maximum Gasteiger partial charge on any atom is 0.215 e. The number of H-pyrrole nitrogens is 1. The van der Waals surface area contributed by atoms with Gasteiger partial charge in [0.25, 0.3) is 0 Å².